The van der Waals surface area contributed by atoms with Gasteiger partial charge in [0, 0.05) is 29.8 Å². The van der Waals surface area contributed by atoms with E-state index in [0.717, 1.165) is 39.3 Å². The highest BCUT2D eigenvalue weighted by atomic mass is 32.1. The molecule has 1 aliphatic heterocycles. The van der Waals surface area contributed by atoms with Crippen LogP contribution < -0.4 is 14.8 Å². The van der Waals surface area contributed by atoms with Crippen LogP contribution in [0.2, 0.25) is 0 Å². The SMILES string of the molecule is COc1ccc(CN2C(=S)N[C@@H](c3ccccn3)[C@@H]2c2cc(C)n(-c3ccc(OC)cc3)c2C)cc1. The molecule has 2 aromatic carbocycles. The van der Waals surface area contributed by atoms with E-state index in [1.54, 1.807) is 14.2 Å². The number of ether oxygens (including phenoxy) is 2. The second-order valence-corrected chi connectivity index (χ2v) is 9.35. The molecular weight excluding hydrogens is 468 g/mol. The molecule has 6 nitrogen and oxygen atoms in total. The average Bonchev–Trinajstić information content (AvgIpc) is 3.39. The van der Waals surface area contributed by atoms with Crippen LogP contribution in [-0.4, -0.2) is 33.8 Å². The molecule has 0 amide bonds. The third-order valence-electron chi connectivity index (χ3n) is 6.83. The molecule has 1 saturated heterocycles. The number of thiocarbonyl (C=S) groups is 1. The van der Waals surface area contributed by atoms with Crippen molar-refractivity contribution in [2.24, 2.45) is 0 Å². The molecule has 1 aliphatic rings. The molecule has 1 N–H and O–H groups in total. The third kappa shape index (κ3) is 4.42. The van der Waals surface area contributed by atoms with Crippen LogP contribution in [0.3, 0.4) is 0 Å². The van der Waals surface area contributed by atoms with Gasteiger partial charge >= 0.3 is 0 Å². The lowest BCUT2D eigenvalue weighted by Crippen LogP contribution is -2.29. The fourth-order valence-electron chi connectivity index (χ4n) is 5.06. The van der Waals surface area contributed by atoms with Crippen LogP contribution in [0.25, 0.3) is 5.69 Å². The number of aromatic nitrogens is 2. The van der Waals surface area contributed by atoms with E-state index < -0.39 is 0 Å². The van der Waals surface area contributed by atoms with Gasteiger partial charge in [-0.2, -0.15) is 0 Å². The molecule has 0 bridgehead atoms. The smallest absolute Gasteiger partial charge is 0.170 e. The fraction of sp³-hybridized carbons (Fsp3) is 0.241. The molecule has 0 aliphatic carbocycles. The van der Waals surface area contributed by atoms with E-state index in [1.807, 2.05) is 42.6 Å². The van der Waals surface area contributed by atoms with Crippen LogP contribution in [0.4, 0.5) is 0 Å². The molecule has 184 valence electrons. The lowest BCUT2D eigenvalue weighted by Gasteiger charge is -2.28. The Balaban J connectivity index is 1.58. The van der Waals surface area contributed by atoms with Gasteiger partial charge in [0.05, 0.1) is 32.0 Å². The van der Waals surface area contributed by atoms with Crippen molar-refractivity contribution in [1.29, 1.82) is 0 Å². The molecule has 0 unspecified atom stereocenters. The summed E-state index contributed by atoms with van der Waals surface area (Å²) in [7, 11) is 3.37. The predicted octanol–water partition coefficient (Wildman–Crippen LogP) is 5.68. The van der Waals surface area contributed by atoms with Crippen LogP contribution in [0.15, 0.2) is 79.0 Å². The van der Waals surface area contributed by atoms with Crippen molar-refractivity contribution in [3.8, 4) is 17.2 Å². The van der Waals surface area contributed by atoms with Gasteiger partial charge in [0.1, 0.15) is 11.5 Å². The number of hydrogen-bond donors (Lipinski definition) is 1. The number of rotatable bonds is 7. The molecule has 2 aromatic heterocycles. The number of pyridine rings is 1. The van der Waals surface area contributed by atoms with Crippen LogP contribution in [0, 0.1) is 13.8 Å². The van der Waals surface area contributed by atoms with Crippen molar-refractivity contribution in [1.82, 2.24) is 19.8 Å². The first kappa shape index (κ1) is 23.9. The molecule has 1 fully saturated rings. The van der Waals surface area contributed by atoms with E-state index in [0.29, 0.717) is 6.54 Å². The summed E-state index contributed by atoms with van der Waals surface area (Å²) in [5, 5.41) is 4.29. The Morgan fingerprint density at radius 1 is 0.917 bits per heavy atom. The number of hydrogen-bond acceptors (Lipinski definition) is 4. The maximum atomic E-state index is 5.89. The van der Waals surface area contributed by atoms with Gasteiger partial charge in [-0.25, -0.2) is 0 Å². The number of benzene rings is 2. The van der Waals surface area contributed by atoms with Crippen molar-refractivity contribution in [2.75, 3.05) is 14.2 Å². The first-order chi connectivity index (χ1) is 17.5. The highest BCUT2D eigenvalue weighted by Gasteiger charge is 2.41. The van der Waals surface area contributed by atoms with Gasteiger partial charge in [-0.3, -0.25) is 4.98 Å². The van der Waals surface area contributed by atoms with Gasteiger partial charge in [-0.05, 0) is 91.8 Å². The first-order valence-corrected chi connectivity index (χ1v) is 12.3. The quantitative estimate of drug-likeness (QED) is 0.331. The Bertz CT molecular complexity index is 1350. The minimum Gasteiger partial charge on any atom is -0.497 e. The van der Waals surface area contributed by atoms with E-state index in [-0.39, 0.29) is 12.1 Å². The summed E-state index contributed by atoms with van der Waals surface area (Å²) >= 11 is 5.89. The number of nitrogens with zero attached hydrogens (tertiary/aromatic N) is 3. The fourth-order valence-corrected chi connectivity index (χ4v) is 5.36. The largest absolute Gasteiger partial charge is 0.497 e. The Morgan fingerprint density at radius 2 is 1.58 bits per heavy atom. The molecule has 5 rings (SSSR count). The van der Waals surface area contributed by atoms with Crippen LogP contribution in [0.1, 0.15) is 40.3 Å². The summed E-state index contributed by atoms with van der Waals surface area (Å²) in [6, 6.07) is 24.5. The van der Waals surface area contributed by atoms with Crippen molar-refractivity contribution < 1.29 is 9.47 Å². The van der Waals surface area contributed by atoms with Gasteiger partial charge in [0.25, 0.3) is 0 Å². The van der Waals surface area contributed by atoms with Crippen LogP contribution in [-0.2, 0) is 6.54 Å². The van der Waals surface area contributed by atoms with Crippen molar-refractivity contribution in [3.05, 3.63) is 107 Å². The van der Waals surface area contributed by atoms with Crippen LogP contribution in [0.5, 0.6) is 11.5 Å². The zero-order valence-corrected chi connectivity index (χ0v) is 21.8. The standard InChI is InChI=1S/C29H30N4O2S/c1-19-17-25(20(2)33(19)22-10-14-24(35-4)15-11-22)28-27(26-7-5-6-16-30-26)31-29(36)32(28)18-21-8-12-23(34-3)13-9-21/h5-17,27-28H,18H2,1-4H3,(H,31,36)/t27-,28-/m0/s1. The second-order valence-electron chi connectivity index (χ2n) is 8.96. The molecule has 36 heavy (non-hydrogen) atoms. The zero-order chi connectivity index (χ0) is 25.2. The van der Waals surface area contributed by atoms with Crippen molar-refractivity contribution >= 4 is 17.3 Å². The summed E-state index contributed by atoms with van der Waals surface area (Å²) in [6.45, 7) is 5.00. The molecule has 3 heterocycles. The van der Waals surface area contributed by atoms with E-state index in [2.05, 4.69) is 70.0 Å². The Hall–Kier alpha value is -3.84. The minimum atomic E-state index is -0.0678. The average molecular weight is 499 g/mol. The minimum absolute atomic E-state index is 0.0206. The molecule has 0 saturated carbocycles. The summed E-state index contributed by atoms with van der Waals surface area (Å²) in [5.74, 6) is 1.68. The summed E-state index contributed by atoms with van der Waals surface area (Å²) in [5.41, 5.74) is 6.79. The molecule has 0 spiro atoms. The van der Waals surface area contributed by atoms with Gasteiger partial charge in [0.15, 0.2) is 5.11 Å². The van der Waals surface area contributed by atoms with E-state index in [1.165, 1.54) is 11.3 Å². The van der Waals surface area contributed by atoms with E-state index in [9.17, 15) is 0 Å². The Labute approximate surface area is 217 Å². The summed E-state index contributed by atoms with van der Waals surface area (Å²) in [6.07, 6.45) is 1.84. The normalized spacial score (nSPS) is 17.2. The second kappa shape index (κ2) is 10.0. The number of aryl methyl sites for hydroxylation is 1. The molecule has 7 heteroatoms. The highest BCUT2D eigenvalue weighted by molar-refractivity contribution is 7.80. The maximum Gasteiger partial charge on any atom is 0.170 e. The third-order valence-corrected chi connectivity index (χ3v) is 7.18. The number of nitrogens with one attached hydrogen (secondary N) is 1. The summed E-state index contributed by atoms with van der Waals surface area (Å²) < 4.78 is 13.0. The lowest BCUT2D eigenvalue weighted by molar-refractivity contribution is 0.310. The molecular formula is C29H30N4O2S. The van der Waals surface area contributed by atoms with E-state index in [4.69, 9.17) is 21.7 Å². The Kier molecular flexibility index (Phi) is 6.65. The lowest BCUT2D eigenvalue weighted by atomic mass is 9.96. The molecule has 0 radical (unpaired) electrons. The monoisotopic (exact) mass is 498 g/mol. The predicted molar refractivity (Wildman–Crippen MR) is 146 cm³/mol. The molecule has 2 atom stereocenters. The van der Waals surface area contributed by atoms with E-state index >= 15 is 0 Å². The summed E-state index contributed by atoms with van der Waals surface area (Å²) in [4.78, 5) is 6.96. The van der Waals surface area contributed by atoms with Crippen LogP contribution >= 0.6 is 12.2 Å². The Morgan fingerprint density at radius 3 is 2.19 bits per heavy atom. The topological polar surface area (TPSA) is 51.5 Å². The van der Waals surface area contributed by atoms with Crippen molar-refractivity contribution in [2.45, 2.75) is 32.5 Å². The zero-order valence-electron chi connectivity index (χ0n) is 20.9. The molecule has 4 aromatic rings. The maximum absolute atomic E-state index is 5.89. The van der Waals surface area contributed by atoms with Gasteiger partial charge in [-0.15, -0.1) is 0 Å². The van der Waals surface area contributed by atoms with Gasteiger partial charge in [0.2, 0.25) is 0 Å². The van der Waals surface area contributed by atoms with Gasteiger partial charge < -0.3 is 24.3 Å². The van der Waals surface area contributed by atoms with Crippen molar-refractivity contribution in [3.63, 3.8) is 0 Å². The highest BCUT2D eigenvalue weighted by Crippen LogP contribution is 2.42. The first-order valence-electron chi connectivity index (χ1n) is 11.9. The number of methoxy groups -OCH3 is 2. The van der Waals surface area contributed by atoms with Gasteiger partial charge in [-0.1, -0.05) is 18.2 Å².